The number of aromatic nitrogens is 1. The van der Waals surface area contributed by atoms with Gasteiger partial charge in [-0.1, -0.05) is 0 Å². The van der Waals surface area contributed by atoms with Gasteiger partial charge in [0.25, 0.3) is 0 Å². The van der Waals surface area contributed by atoms with E-state index in [0.717, 1.165) is 15.4 Å². The number of rotatable bonds is 2. The summed E-state index contributed by atoms with van der Waals surface area (Å²) in [5.74, 6) is -0.272. The number of nitrogens with zero attached hydrogens (tertiary/aromatic N) is 1. The molecule has 4 N–H and O–H groups in total. The Kier molecular flexibility index (Phi) is 2.57. The first-order valence-electron chi connectivity index (χ1n) is 4.38. The molecule has 0 aliphatic carbocycles. The van der Waals surface area contributed by atoms with Gasteiger partial charge in [-0.25, -0.2) is 4.98 Å². The van der Waals surface area contributed by atoms with Crippen LogP contribution in [0.25, 0.3) is 10.6 Å². The predicted octanol–water partition coefficient (Wildman–Crippen LogP) is 1.68. The average Bonchev–Trinajstić information content (AvgIpc) is 2.70. The third kappa shape index (κ3) is 1.93. The number of hydrogen-bond donors (Lipinski definition) is 3. The molecule has 0 fully saturated rings. The number of aromatic hydroxyl groups is 2. The zero-order chi connectivity index (χ0) is 10.8. The summed E-state index contributed by atoms with van der Waals surface area (Å²) in [6.45, 7) is 0.460. The maximum absolute atomic E-state index is 9.33. The van der Waals surface area contributed by atoms with Crippen molar-refractivity contribution in [2.75, 3.05) is 0 Å². The first-order valence-corrected chi connectivity index (χ1v) is 5.19. The molecule has 1 heterocycles. The topological polar surface area (TPSA) is 79.4 Å². The van der Waals surface area contributed by atoms with Gasteiger partial charge in [0.15, 0.2) is 11.5 Å². The summed E-state index contributed by atoms with van der Waals surface area (Å²) in [4.78, 5) is 5.16. The lowest BCUT2D eigenvalue weighted by atomic mass is 10.2. The van der Waals surface area contributed by atoms with Gasteiger partial charge in [-0.2, -0.15) is 0 Å². The molecule has 1 aromatic heterocycles. The Balaban J connectivity index is 2.40. The maximum Gasteiger partial charge on any atom is 0.158 e. The molecule has 0 spiro atoms. The van der Waals surface area contributed by atoms with Crippen LogP contribution in [-0.4, -0.2) is 15.2 Å². The fraction of sp³-hybridized carbons (Fsp3) is 0.100. The van der Waals surface area contributed by atoms with Gasteiger partial charge in [-0.15, -0.1) is 11.3 Å². The van der Waals surface area contributed by atoms with Gasteiger partial charge in [0.05, 0.1) is 0 Å². The molecule has 15 heavy (non-hydrogen) atoms. The highest BCUT2D eigenvalue weighted by Gasteiger charge is 2.06. The summed E-state index contributed by atoms with van der Waals surface area (Å²) in [5, 5.41) is 19.3. The van der Waals surface area contributed by atoms with Crippen LogP contribution in [0.4, 0.5) is 0 Å². The highest BCUT2D eigenvalue weighted by atomic mass is 32.1. The van der Waals surface area contributed by atoms with E-state index in [0.29, 0.717) is 6.54 Å². The second kappa shape index (κ2) is 3.88. The molecule has 0 aliphatic rings. The third-order valence-corrected chi connectivity index (χ3v) is 3.05. The monoisotopic (exact) mass is 222 g/mol. The van der Waals surface area contributed by atoms with Gasteiger partial charge >= 0.3 is 0 Å². The van der Waals surface area contributed by atoms with Crippen molar-refractivity contribution in [2.24, 2.45) is 5.73 Å². The molecule has 1 aromatic carbocycles. The number of hydrogen-bond acceptors (Lipinski definition) is 5. The molecule has 2 rings (SSSR count). The molecule has 0 atom stereocenters. The second-order valence-electron chi connectivity index (χ2n) is 3.04. The van der Waals surface area contributed by atoms with Crippen molar-refractivity contribution in [3.63, 3.8) is 0 Å². The maximum atomic E-state index is 9.33. The number of phenolic OH excluding ortho intramolecular Hbond substituents is 2. The SMILES string of the molecule is NCc1cnc(-c2ccc(O)c(O)c2)s1. The van der Waals surface area contributed by atoms with Gasteiger partial charge < -0.3 is 15.9 Å². The van der Waals surface area contributed by atoms with Crippen LogP contribution in [0, 0.1) is 0 Å². The summed E-state index contributed by atoms with van der Waals surface area (Å²) < 4.78 is 0. The Labute approximate surface area is 90.6 Å². The minimum absolute atomic E-state index is 0.130. The number of thiazole rings is 1. The fourth-order valence-electron chi connectivity index (χ4n) is 1.19. The van der Waals surface area contributed by atoms with Gasteiger partial charge in [0, 0.05) is 23.2 Å². The first-order chi connectivity index (χ1) is 7.20. The minimum Gasteiger partial charge on any atom is -0.504 e. The molecule has 0 radical (unpaired) electrons. The summed E-state index contributed by atoms with van der Waals surface area (Å²) in [7, 11) is 0. The van der Waals surface area contributed by atoms with Gasteiger partial charge in [0.1, 0.15) is 5.01 Å². The second-order valence-corrected chi connectivity index (χ2v) is 4.15. The van der Waals surface area contributed by atoms with E-state index < -0.39 is 0 Å². The molecule has 0 unspecified atom stereocenters. The zero-order valence-corrected chi connectivity index (χ0v) is 8.66. The minimum atomic E-state index is -0.142. The standard InChI is InChI=1S/C10H10N2O2S/c11-4-7-5-12-10(15-7)6-1-2-8(13)9(14)3-6/h1-3,5,13-14H,4,11H2. The number of nitrogens with two attached hydrogens (primary N) is 1. The third-order valence-electron chi connectivity index (χ3n) is 1.98. The highest BCUT2D eigenvalue weighted by Crippen LogP contribution is 2.32. The Hall–Kier alpha value is -1.59. The van der Waals surface area contributed by atoms with E-state index >= 15 is 0 Å². The molecular formula is C10H10N2O2S. The normalized spacial score (nSPS) is 10.5. The van der Waals surface area contributed by atoms with E-state index in [9.17, 15) is 5.11 Å². The Morgan fingerprint density at radius 3 is 2.67 bits per heavy atom. The van der Waals surface area contributed by atoms with Crippen LogP contribution in [0.3, 0.4) is 0 Å². The van der Waals surface area contributed by atoms with Crippen molar-refractivity contribution in [3.05, 3.63) is 29.3 Å². The van der Waals surface area contributed by atoms with E-state index in [2.05, 4.69) is 4.98 Å². The van der Waals surface area contributed by atoms with Crippen molar-refractivity contribution in [3.8, 4) is 22.1 Å². The van der Waals surface area contributed by atoms with E-state index in [1.807, 2.05) is 0 Å². The van der Waals surface area contributed by atoms with Crippen LogP contribution in [0.5, 0.6) is 11.5 Å². The summed E-state index contributed by atoms with van der Waals surface area (Å²) in [5.41, 5.74) is 6.25. The van der Waals surface area contributed by atoms with Crippen LogP contribution in [0.1, 0.15) is 4.88 Å². The molecule has 0 saturated heterocycles. The predicted molar refractivity (Wildman–Crippen MR) is 58.8 cm³/mol. The largest absolute Gasteiger partial charge is 0.504 e. The highest BCUT2D eigenvalue weighted by molar-refractivity contribution is 7.15. The van der Waals surface area contributed by atoms with Gasteiger partial charge in [-0.05, 0) is 18.2 Å². The first kappa shape index (κ1) is 9.95. The van der Waals surface area contributed by atoms with E-state index in [1.165, 1.54) is 23.5 Å². The zero-order valence-electron chi connectivity index (χ0n) is 7.84. The fourth-order valence-corrected chi connectivity index (χ4v) is 1.98. The van der Waals surface area contributed by atoms with E-state index in [-0.39, 0.29) is 11.5 Å². The molecule has 0 amide bonds. The molecule has 5 heteroatoms. The molecule has 78 valence electrons. The molecule has 0 aliphatic heterocycles. The van der Waals surface area contributed by atoms with Crippen LogP contribution in [-0.2, 0) is 6.54 Å². The van der Waals surface area contributed by atoms with Crippen molar-refractivity contribution in [1.29, 1.82) is 0 Å². The number of benzene rings is 1. The summed E-state index contributed by atoms with van der Waals surface area (Å²) in [6.07, 6.45) is 1.71. The van der Waals surface area contributed by atoms with Crippen LogP contribution >= 0.6 is 11.3 Å². The molecule has 0 saturated carbocycles. The summed E-state index contributed by atoms with van der Waals surface area (Å²) >= 11 is 1.47. The van der Waals surface area contributed by atoms with Crippen LogP contribution in [0.15, 0.2) is 24.4 Å². The molecule has 0 bridgehead atoms. The Morgan fingerprint density at radius 2 is 2.07 bits per heavy atom. The van der Waals surface area contributed by atoms with Crippen LogP contribution < -0.4 is 5.73 Å². The van der Waals surface area contributed by atoms with Crippen LogP contribution in [0.2, 0.25) is 0 Å². The van der Waals surface area contributed by atoms with Crippen molar-refractivity contribution in [1.82, 2.24) is 4.98 Å². The van der Waals surface area contributed by atoms with Crippen molar-refractivity contribution in [2.45, 2.75) is 6.54 Å². The lowest BCUT2D eigenvalue weighted by molar-refractivity contribution is 0.404. The van der Waals surface area contributed by atoms with Gasteiger partial charge in [-0.3, -0.25) is 0 Å². The lowest BCUT2D eigenvalue weighted by Crippen LogP contribution is -1.91. The Bertz CT molecular complexity index is 482. The average molecular weight is 222 g/mol. The van der Waals surface area contributed by atoms with Crippen molar-refractivity contribution < 1.29 is 10.2 Å². The number of phenols is 2. The van der Waals surface area contributed by atoms with Gasteiger partial charge in [0.2, 0.25) is 0 Å². The quantitative estimate of drug-likeness (QED) is 0.675. The van der Waals surface area contributed by atoms with E-state index in [1.54, 1.807) is 12.3 Å². The summed E-state index contributed by atoms with van der Waals surface area (Å²) in [6, 6.07) is 4.62. The molecule has 4 nitrogen and oxygen atoms in total. The Morgan fingerprint density at radius 1 is 1.27 bits per heavy atom. The molecular weight excluding hydrogens is 212 g/mol. The van der Waals surface area contributed by atoms with E-state index in [4.69, 9.17) is 10.8 Å². The van der Waals surface area contributed by atoms with Crippen molar-refractivity contribution >= 4 is 11.3 Å². The smallest absolute Gasteiger partial charge is 0.158 e. The molecule has 2 aromatic rings. The lowest BCUT2D eigenvalue weighted by Gasteiger charge is -1.99.